The number of nitrogens with one attached hydrogen (secondary N) is 1. The first kappa shape index (κ1) is 18.6. The molecule has 0 spiro atoms. The maximum atomic E-state index is 12.6. The number of carbonyl (C=O) groups is 1. The Hall–Kier alpha value is -2.14. The van der Waals surface area contributed by atoms with Gasteiger partial charge in [0.05, 0.1) is 0 Å². The monoisotopic (exact) mass is 354 g/mol. The SMILES string of the molecule is CCCn1nc(C(=O)N(C)C)c2c1CCC(NCc1ccccc1C)C2. The highest BCUT2D eigenvalue weighted by atomic mass is 16.2. The predicted molar refractivity (Wildman–Crippen MR) is 104 cm³/mol. The lowest BCUT2D eigenvalue weighted by Gasteiger charge is -2.25. The fraction of sp³-hybridized carbons (Fsp3) is 0.524. The maximum Gasteiger partial charge on any atom is 0.274 e. The number of amides is 1. The summed E-state index contributed by atoms with van der Waals surface area (Å²) in [6, 6.07) is 8.88. The van der Waals surface area contributed by atoms with Crippen molar-refractivity contribution in [3.8, 4) is 0 Å². The van der Waals surface area contributed by atoms with Gasteiger partial charge in [-0.2, -0.15) is 5.10 Å². The second-order valence-corrected chi connectivity index (χ2v) is 7.44. The van der Waals surface area contributed by atoms with Gasteiger partial charge < -0.3 is 10.2 Å². The van der Waals surface area contributed by atoms with E-state index in [0.29, 0.717) is 11.7 Å². The Balaban J connectivity index is 1.78. The number of carbonyl (C=O) groups excluding carboxylic acids is 1. The van der Waals surface area contributed by atoms with Gasteiger partial charge in [-0.15, -0.1) is 0 Å². The molecule has 3 rings (SSSR count). The van der Waals surface area contributed by atoms with E-state index < -0.39 is 0 Å². The summed E-state index contributed by atoms with van der Waals surface area (Å²) in [4.78, 5) is 14.2. The van der Waals surface area contributed by atoms with Crippen molar-refractivity contribution in [2.45, 2.75) is 58.7 Å². The van der Waals surface area contributed by atoms with E-state index in [-0.39, 0.29) is 5.91 Å². The Labute approximate surface area is 156 Å². The van der Waals surface area contributed by atoms with E-state index in [1.807, 2.05) is 0 Å². The molecule has 5 nitrogen and oxygen atoms in total. The molecule has 5 heteroatoms. The highest BCUT2D eigenvalue weighted by molar-refractivity contribution is 5.93. The summed E-state index contributed by atoms with van der Waals surface area (Å²) in [5.41, 5.74) is 5.69. The third-order valence-corrected chi connectivity index (χ3v) is 5.23. The number of aromatic nitrogens is 2. The Kier molecular flexibility index (Phi) is 5.77. The lowest BCUT2D eigenvalue weighted by molar-refractivity contribution is 0.0819. The van der Waals surface area contributed by atoms with E-state index in [9.17, 15) is 4.79 Å². The summed E-state index contributed by atoms with van der Waals surface area (Å²) in [5, 5.41) is 8.36. The van der Waals surface area contributed by atoms with Gasteiger partial charge in [0.1, 0.15) is 0 Å². The zero-order valence-corrected chi connectivity index (χ0v) is 16.4. The topological polar surface area (TPSA) is 50.2 Å². The molecule has 2 aromatic rings. The largest absolute Gasteiger partial charge is 0.343 e. The molecular formula is C21H30N4O. The van der Waals surface area contributed by atoms with Gasteiger partial charge in [-0.25, -0.2) is 0 Å². The first-order valence-corrected chi connectivity index (χ1v) is 9.59. The first-order chi connectivity index (χ1) is 12.5. The molecule has 0 saturated carbocycles. The van der Waals surface area contributed by atoms with Gasteiger partial charge in [-0.3, -0.25) is 9.48 Å². The van der Waals surface area contributed by atoms with Crippen LogP contribution in [0, 0.1) is 6.92 Å². The van der Waals surface area contributed by atoms with Crippen molar-refractivity contribution in [1.29, 1.82) is 0 Å². The minimum absolute atomic E-state index is 0.00987. The Bertz CT molecular complexity index is 778. The van der Waals surface area contributed by atoms with E-state index in [2.05, 4.69) is 53.2 Å². The molecule has 0 bridgehead atoms. The number of hydrogen-bond donors (Lipinski definition) is 1. The van der Waals surface area contributed by atoms with E-state index in [4.69, 9.17) is 0 Å². The van der Waals surface area contributed by atoms with Crippen LogP contribution in [0.3, 0.4) is 0 Å². The molecule has 1 aliphatic carbocycles. The predicted octanol–water partition coefficient (Wildman–Crippen LogP) is 2.95. The average molecular weight is 354 g/mol. The number of aryl methyl sites for hydroxylation is 2. The summed E-state index contributed by atoms with van der Waals surface area (Å²) in [7, 11) is 3.59. The van der Waals surface area contributed by atoms with Crippen LogP contribution < -0.4 is 5.32 Å². The van der Waals surface area contributed by atoms with E-state index in [1.54, 1.807) is 19.0 Å². The van der Waals surface area contributed by atoms with Crippen LogP contribution in [0.2, 0.25) is 0 Å². The molecule has 1 atom stereocenters. The van der Waals surface area contributed by atoms with Crippen molar-refractivity contribution in [2.75, 3.05) is 14.1 Å². The van der Waals surface area contributed by atoms with Gasteiger partial charge in [0.2, 0.25) is 0 Å². The van der Waals surface area contributed by atoms with Crippen LogP contribution in [0.5, 0.6) is 0 Å². The van der Waals surface area contributed by atoms with E-state index in [1.165, 1.54) is 16.8 Å². The van der Waals surface area contributed by atoms with Crippen LogP contribution in [0.15, 0.2) is 24.3 Å². The van der Waals surface area contributed by atoms with Crippen molar-refractivity contribution in [2.24, 2.45) is 0 Å². The Morgan fingerprint density at radius 3 is 2.81 bits per heavy atom. The van der Waals surface area contributed by atoms with Crippen LogP contribution in [0.4, 0.5) is 0 Å². The molecule has 1 aromatic carbocycles. The lowest BCUT2D eigenvalue weighted by Crippen LogP contribution is -2.35. The molecule has 26 heavy (non-hydrogen) atoms. The van der Waals surface area contributed by atoms with Gasteiger partial charge >= 0.3 is 0 Å². The third kappa shape index (κ3) is 3.83. The smallest absolute Gasteiger partial charge is 0.274 e. The van der Waals surface area contributed by atoms with Crippen LogP contribution in [0.1, 0.15) is 52.6 Å². The molecule has 1 unspecified atom stereocenters. The van der Waals surface area contributed by atoms with Gasteiger partial charge in [0.15, 0.2) is 5.69 Å². The Morgan fingerprint density at radius 2 is 2.12 bits per heavy atom. The van der Waals surface area contributed by atoms with Crippen molar-refractivity contribution in [1.82, 2.24) is 20.0 Å². The van der Waals surface area contributed by atoms with Crippen molar-refractivity contribution >= 4 is 5.91 Å². The quantitative estimate of drug-likeness (QED) is 0.868. The molecule has 1 amide bonds. The number of rotatable bonds is 6. The van der Waals surface area contributed by atoms with Crippen LogP contribution in [-0.4, -0.2) is 40.7 Å². The molecule has 0 radical (unpaired) electrons. The zero-order valence-electron chi connectivity index (χ0n) is 16.4. The van der Waals surface area contributed by atoms with Crippen LogP contribution >= 0.6 is 0 Å². The maximum absolute atomic E-state index is 12.6. The average Bonchev–Trinajstić information content (AvgIpc) is 2.98. The first-order valence-electron chi connectivity index (χ1n) is 9.59. The molecule has 1 aromatic heterocycles. The van der Waals surface area contributed by atoms with Crippen molar-refractivity contribution in [3.63, 3.8) is 0 Å². The molecule has 1 heterocycles. The second-order valence-electron chi connectivity index (χ2n) is 7.44. The zero-order chi connectivity index (χ0) is 18.7. The number of nitrogens with zero attached hydrogens (tertiary/aromatic N) is 3. The fourth-order valence-electron chi connectivity index (χ4n) is 3.71. The van der Waals surface area contributed by atoms with Gasteiger partial charge in [-0.1, -0.05) is 31.2 Å². The van der Waals surface area contributed by atoms with E-state index >= 15 is 0 Å². The third-order valence-electron chi connectivity index (χ3n) is 5.23. The standard InChI is InChI=1S/C21H30N4O/c1-5-12-25-19-11-10-17(22-14-16-9-7-6-8-15(16)2)13-18(19)20(23-25)21(26)24(3)4/h6-9,17,22H,5,10-14H2,1-4H3. The fourth-order valence-corrected chi connectivity index (χ4v) is 3.71. The number of fused-ring (bicyclic) bond motifs is 1. The Morgan fingerprint density at radius 1 is 1.35 bits per heavy atom. The summed E-state index contributed by atoms with van der Waals surface area (Å²) >= 11 is 0. The summed E-state index contributed by atoms with van der Waals surface area (Å²) in [6.45, 7) is 6.05. The highest BCUT2D eigenvalue weighted by Crippen LogP contribution is 2.26. The van der Waals surface area contributed by atoms with Gasteiger partial charge in [0.25, 0.3) is 5.91 Å². The van der Waals surface area contributed by atoms with E-state index in [0.717, 1.165) is 44.3 Å². The second kappa shape index (κ2) is 8.04. The van der Waals surface area contributed by atoms with Crippen LogP contribution in [0.25, 0.3) is 0 Å². The van der Waals surface area contributed by atoms with Crippen molar-refractivity contribution in [3.05, 3.63) is 52.3 Å². The summed E-state index contributed by atoms with van der Waals surface area (Å²) in [6.07, 6.45) is 3.97. The van der Waals surface area contributed by atoms with Gasteiger partial charge in [-0.05, 0) is 43.7 Å². The summed E-state index contributed by atoms with van der Waals surface area (Å²) in [5.74, 6) is 0.00987. The molecular weight excluding hydrogens is 324 g/mol. The van der Waals surface area contributed by atoms with Crippen molar-refractivity contribution < 1.29 is 4.79 Å². The number of hydrogen-bond acceptors (Lipinski definition) is 3. The lowest BCUT2D eigenvalue weighted by atomic mass is 9.90. The summed E-state index contributed by atoms with van der Waals surface area (Å²) < 4.78 is 2.06. The molecule has 0 fully saturated rings. The molecule has 140 valence electrons. The minimum atomic E-state index is 0.00987. The molecule has 0 saturated heterocycles. The van der Waals surface area contributed by atoms with Gasteiger partial charge in [0, 0.05) is 44.5 Å². The molecule has 1 N–H and O–H groups in total. The minimum Gasteiger partial charge on any atom is -0.343 e. The molecule has 0 aliphatic heterocycles. The number of benzene rings is 1. The van der Waals surface area contributed by atoms with Crippen LogP contribution in [-0.2, 0) is 25.9 Å². The normalized spacial score (nSPS) is 16.4. The highest BCUT2D eigenvalue weighted by Gasteiger charge is 2.29. The molecule has 1 aliphatic rings.